The van der Waals surface area contributed by atoms with Gasteiger partial charge in [-0.25, -0.2) is 9.98 Å². The number of nitrogens with one attached hydrogen (secondary N) is 1. The van der Waals surface area contributed by atoms with Crippen molar-refractivity contribution in [1.29, 1.82) is 0 Å². The van der Waals surface area contributed by atoms with Crippen LogP contribution in [0.5, 0.6) is 0 Å². The third-order valence-corrected chi connectivity index (χ3v) is 5.21. The van der Waals surface area contributed by atoms with Crippen molar-refractivity contribution in [3.05, 3.63) is 77.8 Å². The first-order valence-corrected chi connectivity index (χ1v) is 10.4. The highest BCUT2D eigenvalue weighted by molar-refractivity contribution is 5.80. The minimum Gasteiger partial charge on any atom is -0.439 e. The van der Waals surface area contributed by atoms with Gasteiger partial charge >= 0.3 is 0 Å². The monoisotopic (exact) mass is 404 g/mol. The molecule has 0 spiro atoms. The lowest BCUT2D eigenvalue weighted by Gasteiger charge is -2.35. The molecule has 1 aliphatic heterocycles. The van der Waals surface area contributed by atoms with Crippen molar-refractivity contribution in [3.63, 3.8) is 0 Å². The van der Waals surface area contributed by atoms with Crippen LogP contribution in [0, 0.1) is 6.92 Å². The average molecular weight is 405 g/mol. The number of hydrogen-bond acceptors (Lipinski definition) is 4. The maximum atomic E-state index is 6.06. The predicted molar refractivity (Wildman–Crippen MR) is 118 cm³/mol. The third-order valence-electron chi connectivity index (χ3n) is 5.21. The van der Waals surface area contributed by atoms with Crippen LogP contribution in [0.4, 0.5) is 0 Å². The summed E-state index contributed by atoms with van der Waals surface area (Å²) in [7, 11) is 0. The van der Waals surface area contributed by atoms with Crippen molar-refractivity contribution in [1.82, 2.24) is 15.2 Å². The van der Waals surface area contributed by atoms with Crippen LogP contribution in [0.25, 0.3) is 11.3 Å². The summed E-state index contributed by atoms with van der Waals surface area (Å²) < 4.78 is 12.0. The van der Waals surface area contributed by atoms with Crippen molar-refractivity contribution in [2.45, 2.75) is 26.5 Å². The molecule has 0 amide bonds. The van der Waals surface area contributed by atoms with Crippen LogP contribution in [-0.2, 0) is 11.3 Å². The zero-order valence-electron chi connectivity index (χ0n) is 17.5. The van der Waals surface area contributed by atoms with Gasteiger partial charge in [-0.3, -0.25) is 0 Å². The summed E-state index contributed by atoms with van der Waals surface area (Å²) in [6.07, 6.45) is 1.80. The van der Waals surface area contributed by atoms with Crippen LogP contribution in [0.3, 0.4) is 0 Å². The molecule has 156 valence electrons. The van der Waals surface area contributed by atoms with Crippen LogP contribution >= 0.6 is 0 Å². The molecule has 6 nitrogen and oxygen atoms in total. The number of ether oxygens (including phenoxy) is 1. The van der Waals surface area contributed by atoms with Crippen LogP contribution in [0.15, 0.2) is 70.2 Å². The van der Waals surface area contributed by atoms with E-state index in [1.54, 1.807) is 6.20 Å². The van der Waals surface area contributed by atoms with Crippen LogP contribution < -0.4 is 5.32 Å². The molecule has 1 aromatic heterocycles. The highest BCUT2D eigenvalue weighted by Crippen LogP contribution is 2.25. The second-order valence-electron chi connectivity index (χ2n) is 7.32. The Labute approximate surface area is 177 Å². The zero-order chi connectivity index (χ0) is 20.8. The molecular formula is C24H28N4O2. The second-order valence-corrected chi connectivity index (χ2v) is 7.32. The number of hydrogen-bond donors (Lipinski definition) is 1. The summed E-state index contributed by atoms with van der Waals surface area (Å²) in [6, 6.07) is 18.4. The summed E-state index contributed by atoms with van der Waals surface area (Å²) in [5, 5.41) is 3.40. The average Bonchev–Trinajstić information content (AvgIpc) is 3.27. The van der Waals surface area contributed by atoms with Gasteiger partial charge in [0.25, 0.3) is 0 Å². The Balaban J connectivity index is 1.47. The van der Waals surface area contributed by atoms with Crippen molar-refractivity contribution >= 4 is 5.96 Å². The van der Waals surface area contributed by atoms with Crippen molar-refractivity contribution in [2.24, 2.45) is 4.99 Å². The number of oxazole rings is 1. The lowest BCUT2D eigenvalue weighted by Crippen LogP contribution is -2.48. The Bertz CT molecular complexity index is 984. The normalized spacial score (nSPS) is 17.2. The summed E-state index contributed by atoms with van der Waals surface area (Å²) in [5.41, 5.74) is 3.50. The van der Waals surface area contributed by atoms with Gasteiger partial charge in [0.05, 0.1) is 19.3 Å². The highest BCUT2D eigenvalue weighted by atomic mass is 16.5. The molecule has 2 heterocycles. The van der Waals surface area contributed by atoms with Crippen molar-refractivity contribution in [2.75, 3.05) is 26.2 Å². The van der Waals surface area contributed by atoms with Crippen molar-refractivity contribution < 1.29 is 9.15 Å². The predicted octanol–water partition coefficient (Wildman–Crippen LogP) is 4.19. The lowest BCUT2D eigenvalue weighted by molar-refractivity contribution is -0.00835. The maximum absolute atomic E-state index is 6.06. The number of aryl methyl sites for hydroxylation is 1. The number of rotatable bonds is 5. The van der Waals surface area contributed by atoms with Gasteiger partial charge in [-0.2, -0.15) is 0 Å². The third kappa shape index (κ3) is 4.71. The zero-order valence-corrected chi connectivity index (χ0v) is 17.5. The highest BCUT2D eigenvalue weighted by Gasteiger charge is 2.25. The Morgan fingerprint density at radius 2 is 1.97 bits per heavy atom. The smallest absolute Gasteiger partial charge is 0.216 e. The molecule has 1 fully saturated rings. The fourth-order valence-electron chi connectivity index (χ4n) is 3.67. The summed E-state index contributed by atoms with van der Waals surface area (Å²) in [5.74, 6) is 2.23. The van der Waals surface area contributed by atoms with E-state index < -0.39 is 0 Å². The first kappa shape index (κ1) is 20.2. The molecule has 30 heavy (non-hydrogen) atoms. The molecule has 6 heteroatoms. The van der Waals surface area contributed by atoms with E-state index in [0.717, 1.165) is 36.9 Å². The van der Waals surface area contributed by atoms with Gasteiger partial charge in [0.2, 0.25) is 5.89 Å². The van der Waals surface area contributed by atoms with Crippen LogP contribution in [0.2, 0.25) is 0 Å². The Hall–Kier alpha value is -3.12. The van der Waals surface area contributed by atoms with Crippen molar-refractivity contribution in [3.8, 4) is 11.3 Å². The molecule has 1 atom stereocenters. The molecule has 1 unspecified atom stereocenters. The summed E-state index contributed by atoms with van der Waals surface area (Å²) in [6.45, 7) is 7.62. The fourth-order valence-corrected chi connectivity index (χ4v) is 3.67. The maximum Gasteiger partial charge on any atom is 0.216 e. The topological polar surface area (TPSA) is 62.9 Å². The Morgan fingerprint density at radius 1 is 1.17 bits per heavy atom. The second kappa shape index (κ2) is 9.59. The number of aromatic nitrogens is 1. The van der Waals surface area contributed by atoms with Gasteiger partial charge in [0.15, 0.2) is 11.7 Å². The molecular weight excluding hydrogens is 376 g/mol. The molecule has 0 radical (unpaired) electrons. The Kier molecular flexibility index (Phi) is 6.44. The molecule has 1 aliphatic rings. The first-order chi connectivity index (χ1) is 14.7. The van der Waals surface area contributed by atoms with E-state index in [1.807, 2.05) is 30.3 Å². The molecule has 0 aliphatic carbocycles. The van der Waals surface area contributed by atoms with Gasteiger partial charge < -0.3 is 19.4 Å². The first-order valence-electron chi connectivity index (χ1n) is 10.4. The lowest BCUT2D eigenvalue weighted by atomic mass is 10.0. The SMILES string of the molecule is CCNC(=NCc1ncc(-c2ccccc2)o1)N1CCOC(c2ccccc2C)C1. The number of aliphatic imine (C=N–C) groups is 1. The minimum atomic E-state index is 0.0372. The number of nitrogens with zero attached hydrogens (tertiary/aromatic N) is 3. The molecule has 1 N–H and O–H groups in total. The molecule has 0 bridgehead atoms. The van der Waals surface area contributed by atoms with E-state index in [1.165, 1.54) is 11.1 Å². The Morgan fingerprint density at radius 3 is 2.77 bits per heavy atom. The van der Waals surface area contributed by atoms with E-state index in [0.29, 0.717) is 19.0 Å². The molecule has 3 aromatic rings. The largest absolute Gasteiger partial charge is 0.439 e. The summed E-state index contributed by atoms with van der Waals surface area (Å²) >= 11 is 0. The molecule has 4 rings (SSSR count). The van der Waals surface area contributed by atoms with Gasteiger partial charge in [-0.15, -0.1) is 0 Å². The fraction of sp³-hybridized carbons (Fsp3) is 0.333. The minimum absolute atomic E-state index is 0.0372. The number of benzene rings is 2. The van der Waals surface area contributed by atoms with Gasteiger partial charge in [-0.05, 0) is 25.0 Å². The molecule has 0 saturated carbocycles. The summed E-state index contributed by atoms with van der Waals surface area (Å²) in [4.78, 5) is 11.4. The van der Waals surface area contributed by atoms with E-state index >= 15 is 0 Å². The molecule has 2 aromatic carbocycles. The quantitative estimate of drug-likeness (QED) is 0.510. The van der Waals surface area contributed by atoms with E-state index in [-0.39, 0.29) is 6.10 Å². The van der Waals surface area contributed by atoms with Gasteiger partial charge in [-0.1, -0.05) is 54.6 Å². The van der Waals surface area contributed by atoms with E-state index in [9.17, 15) is 0 Å². The standard InChI is InChI=1S/C24H28N4O2/c1-3-25-24(27-16-23-26-15-21(30-23)19-10-5-4-6-11-19)28-13-14-29-22(17-28)20-12-8-7-9-18(20)2/h4-12,15,22H,3,13-14,16-17H2,1-2H3,(H,25,27). The van der Waals surface area contributed by atoms with Crippen LogP contribution in [-0.4, -0.2) is 42.1 Å². The number of morpholine rings is 1. The van der Waals surface area contributed by atoms with Crippen LogP contribution in [0.1, 0.15) is 30.0 Å². The molecule has 1 saturated heterocycles. The number of guanidine groups is 1. The van der Waals surface area contributed by atoms with E-state index in [4.69, 9.17) is 14.1 Å². The van der Waals surface area contributed by atoms with Gasteiger partial charge in [0, 0.05) is 18.7 Å². The van der Waals surface area contributed by atoms with E-state index in [2.05, 4.69) is 53.3 Å². The van der Waals surface area contributed by atoms with Gasteiger partial charge in [0.1, 0.15) is 12.6 Å².